The van der Waals surface area contributed by atoms with Crippen LogP contribution in [0.15, 0.2) is 24.3 Å². The first-order valence-electron chi connectivity index (χ1n) is 4.89. The molecule has 0 spiro atoms. The summed E-state index contributed by atoms with van der Waals surface area (Å²) in [7, 11) is 0. The number of carboxylic acid groups (broad SMARTS) is 1. The predicted octanol–water partition coefficient (Wildman–Crippen LogP) is 0.883. The summed E-state index contributed by atoms with van der Waals surface area (Å²) in [6, 6.07) is 6.33. The van der Waals surface area contributed by atoms with Crippen molar-refractivity contribution in [1.29, 1.82) is 0 Å². The number of rotatable bonds is 2. The third-order valence-corrected chi connectivity index (χ3v) is 3.39. The van der Waals surface area contributed by atoms with Gasteiger partial charge in [0.1, 0.15) is 0 Å². The zero-order chi connectivity index (χ0) is 11.5. The Morgan fingerprint density at radius 1 is 1.24 bits per heavy atom. The monoisotopic (exact) mass is 261 g/mol. The normalized spacial score (nSPS) is 14.2. The Balaban J connectivity index is 0.00000144. The van der Waals surface area contributed by atoms with Gasteiger partial charge in [0.2, 0.25) is 0 Å². The summed E-state index contributed by atoms with van der Waals surface area (Å²) in [4.78, 5) is 24.7. The summed E-state index contributed by atoms with van der Waals surface area (Å²) in [5, 5.41) is 8.98. The molecule has 0 radical (unpaired) electrons. The van der Waals surface area contributed by atoms with Crippen molar-refractivity contribution in [1.82, 2.24) is 4.90 Å². The molecule has 2 rings (SSSR count). The van der Waals surface area contributed by atoms with E-state index in [0.29, 0.717) is 12.4 Å². The van der Waals surface area contributed by atoms with E-state index < -0.39 is 5.97 Å². The molecule has 0 bridgehead atoms. The summed E-state index contributed by atoms with van der Waals surface area (Å²) in [5.74, 6) is 0.312. The maximum absolute atomic E-state index is 12.0. The van der Waals surface area contributed by atoms with Gasteiger partial charge in [0.05, 0.1) is 17.0 Å². The average molecular weight is 261 g/mol. The van der Waals surface area contributed by atoms with Gasteiger partial charge in [-0.2, -0.15) is 0 Å². The molecule has 17 heavy (non-hydrogen) atoms. The first-order chi connectivity index (χ1) is 7.70. The van der Waals surface area contributed by atoms with Gasteiger partial charge in [0, 0.05) is 12.3 Å². The topological polar surface area (TPSA) is 57.6 Å². The molecular formula is C11H12NNaO3S. The van der Waals surface area contributed by atoms with Crippen LogP contribution < -0.4 is 0 Å². The van der Waals surface area contributed by atoms with E-state index in [4.69, 9.17) is 5.11 Å². The molecule has 1 amide bonds. The molecule has 1 aliphatic rings. The molecule has 1 heterocycles. The van der Waals surface area contributed by atoms with Crippen LogP contribution in [-0.2, 0) is 0 Å². The van der Waals surface area contributed by atoms with Crippen LogP contribution in [-0.4, -0.2) is 69.6 Å². The molecule has 1 fully saturated rings. The number of hydrogen-bond donors (Lipinski definition) is 1. The molecule has 86 valence electrons. The standard InChI is InChI=1S/C11H11NO3S.Na.H/c13-10(12-5-6-16-7-12)8-3-1-2-4-9(8)11(14)15;;/h1-4H,5-7H2,(H,14,15);;. The molecule has 0 aromatic heterocycles. The Hall–Kier alpha value is -0.490. The quantitative estimate of drug-likeness (QED) is 0.803. The number of benzene rings is 1. The fourth-order valence-corrected chi connectivity index (χ4v) is 2.55. The Morgan fingerprint density at radius 3 is 2.41 bits per heavy atom. The number of carbonyl (C=O) groups is 2. The third-order valence-electron chi connectivity index (χ3n) is 2.43. The van der Waals surface area contributed by atoms with Crippen molar-refractivity contribution in [2.75, 3.05) is 18.2 Å². The molecule has 0 atom stereocenters. The van der Waals surface area contributed by atoms with E-state index >= 15 is 0 Å². The van der Waals surface area contributed by atoms with Crippen LogP contribution in [0.5, 0.6) is 0 Å². The first-order valence-corrected chi connectivity index (χ1v) is 6.05. The molecular weight excluding hydrogens is 249 g/mol. The van der Waals surface area contributed by atoms with E-state index in [-0.39, 0.29) is 46.6 Å². The summed E-state index contributed by atoms with van der Waals surface area (Å²) < 4.78 is 0. The van der Waals surface area contributed by atoms with Crippen molar-refractivity contribution >= 4 is 53.2 Å². The SMILES string of the molecule is O=C(O)c1ccccc1C(=O)N1CCSC1.[NaH]. The molecule has 0 saturated carbocycles. The number of amides is 1. The number of aromatic carboxylic acids is 1. The van der Waals surface area contributed by atoms with Crippen molar-refractivity contribution < 1.29 is 14.7 Å². The summed E-state index contributed by atoms with van der Waals surface area (Å²) >= 11 is 1.68. The van der Waals surface area contributed by atoms with Gasteiger partial charge in [-0.05, 0) is 12.1 Å². The van der Waals surface area contributed by atoms with E-state index in [1.165, 1.54) is 6.07 Å². The van der Waals surface area contributed by atoms with Crippen LogP contribution in [0.2, 0.25) is 0 Å². The van der Waals surface area contributed by atoms with Crippen molar-refractivity contribution in [3.63, 3.8) is 0 Å². The number of carboxylic acids is 1. The first kappa shape index (κ1) is 14.6. The average Bonchev–Trinajstić information content (AvgIpc) is 2.81. The van der Waals surface area contributed by atoms with Gasteiger partial charge >= 0.3 is 35.5 Å². The molecule has 6 heteroatoms. The Labute approximate surface area is 126 Å². The fourth-order valence-electron chi connectivity index (χ4n) is 1.60. The number of thioether (sulfide) groups is 1. The summed E-state index contributed by atoms with van der Waals surface area (Å²) in [5.41, 5.74) is 0.349. The predicted molar refractivity (Wildman–Crippen MR) is 68.9 cm³/mol. The van der Waals surface area contributed by atoms with Gasteiger partial charge in [0.25, 0.3) is 5.91 Å². The zero-order valence-corrected chi connectivity index (χ0v) is 9.37. The number of nitrogens with zero attached hydrogens (tertiary/aromatic N) is 1. The van der Waals surface area contributed by atoms with Gasteiger partial charge in [-0.15, -0.1) is 11.8 Å². The van der Waals surface area contributed by atoms with Crippen LogP contribution in [0.3, 0.4) is 0 Å². The molecule has 1 N–H and O–H groups in total. The molecule has 1 aromatic carbocycles. The van der Waals surface area contributed by atoms with Crippen molar-refractivity contribution in [3.8, 4) is 0 Å². The second-order valence-corrected chi connectivity index (χ2v) is 4.53. The van der Waals surface area contributed by atoms with Crippen molar-refractivity contribution in [2.24, 2.45) is 0 Å². The third kappa shape index (κ3) is 3.25. The van der Waals surface area contributed by atoms with Crippen molar-refractivity contribution in [2.45, 2.75) is 0 Å². The summed E-state index contributed by atoms with van der Waals surface area (Å²) in [6.45, 7) is 0.692. The van der Waals surface area contributed by atoms with Gasteiger partial charge in [-0.1, -0.05) is 12.1 Å². The molecule has 1 aromatic rings. The maximum atomic E-state index is 12.0. The summed E-state index contributed by atoms with van der Waals surface area (Å²) in [6.07, 6.45) is 0. The van der Waals surface area contributed by atoms with Gasteiger partial charge in [-0.25, -0.2) is 4.79 Å². The van der Waals surface area contributed by atoms with Crippen LogP contribution in [0.1, 0.15) is 20.7 Å². The molecule has 4 nitrogen and oxygen atoms in total. The fraction of sp³-hybridized carbons (Fsp3) is 0.273. The minimum atomic E-state index is -1.06. The number of hydrogen-bond acceptors (Lipinski definition) is 3. The Kier molecular flexibility index (Phi) is 5.52. The van der Waals surface area contributed by atoms with Crippen molar-refractivity contribution in [3.05, 3.63) is 35.4 Å². The molecule has 0 aliphatic carbocycles. The second kappa shape index (κ2) is 6.44. The Morgan fingerprint density at radius 2 is 1.88 bits per heavy atom. The van der Waals surface area contributed by atoms with E-state index in [9.17, 15) is 9.59 Å². The minimum absolute atomic E-state index is 0. The van der Waals surface area contributed by atoms with Gasteiger partial charge < -0.3 is 10.0 Å². The molecule has 1 saturated heterocycles. The molecule has 1 aliphatic heterocycles. The van der Waals surface area contributed by atoms with E-state index in [2.05, 4.69) is 0 Å². The molecule has 0 unspecified atom stereocenters. The van der Waals surface area contributed by atoms with Crippen LogP contribution in [0.4, 0.5) is 0 Å². The van der Waals surface area contributed by atoms with E-state index in [0.717, 1.165) is 5.75 Å². The van der Waals surface area contributed by atoms with Crippen LogP contribution >= 0.6 is 11.8 Å². The van der Waals surface area contributed by atoms with Crippen LogP contribution in [0.25, 0.3) is 0 Å². The number of carbonyl (C=O) groups excluding carboxylic acids is 1. The van der Waals surface area contributed by atoms with E-state index in [1.807, 2.05) is 0 Å². The Bertz CT molecular complexity index is 432. The van der Waals surface area contributed by atoms with E-state index in [1.54, 1.807) is 34.9 Å². The van der Waals surface area contributed by atoms with Gasteiger partial charge in [-0.3, -0.25) is 4.79 Å². The van der Waals surface area contributed by atoms with Gasteiger partial charge in [0.15, 0.2) is 0 Å². The van der Waals surface area contributed by atoms with Crippen LogP contribution in [0, 0.1) is 0 Å². The zero-order valence-electron chi connectivity index (χ0n) is 8.55. The second-order valence-electron chi connectivity index (χ2n) is 3.46.